The summed E-state index contributed by atoms with van der Waals surface area (Å²) >= 11 is 1.85. The van der Waals surface area contributed by atoms with Gasteiger partial charge in [-0.3, -0.25) is 4.79 Å². The third-order valence-corrected chi connectivity index (χ3v) is 6.43. The molecule has 0 bridgehead atoms. The quantitative estimate of drug-likeness (QED) is 0.689. The molecular formula is C19H23N7O2S. The maximum atomic E-state index is 12.8. The second kappa shape index (κ2) is 7.42. The van der Waals surface area contributed by atoms with Gasteiger partial charge in [0, 0.05) is 24.3 Å². The van der Waals surface area contributed by atoms with Crippen LogP contribution < -0.4 is 10.9 Å². The number of fused-ring (bicyclic) bond motifs is 2. The highest BCUT2D eigenvalue weighted by Gasteiger charge is 2.33. The molecule has 2 aliphatic heterocycles. The Kier molecular flexibility index (Phi) is 4.75. The molecule has 10 heteroatoms. The average Bonchev–Trinajstić information content (AvgIpc) is 3.36. The van der Waals surface area contributed by atoms with E-state index in [1.165, 1.54) is 6.33 Å². The Bertz CT molecular complexity index is 1110. The smallest absolute Gasteiger partial charge is 0.267 e. The zero-order valence-electron chi connectivity index (χ0n) is 16.4. The Morgan fingerprint density at radius 3 is 3.07 bits per heavy atom. The van der Waals surface area contributed by atoms with Gasteiger partial charge in [-0.2, -0.15) is 31.5 Å². The predicted octanol–water partition coefficient (Wildman–Crippen LogP) is 1.65. The number of hydrogen-bond donors (Lipinski definition) is 1. The van der Waals surface area contributed by atoms with Gasteiger partial charge in [-0.05, 0) is 17.2 Å². The molecule has 1 fully saturated rings. The van der Waals surface area contributed by atoms with E-state index >= 15 is 0 Å². The van der Waals surface area contributed by atoms with Crippen molar-refractivity contribution in [1.82, 2.24) is 29.4 Å². The number of ether oxygens (including phenoxy) is 1. The van der Waals surface area contributed by atoms with Crippen molar-refractivity contribution in [3.63, 3.8) is 0 Å². The number of anilines is 1. The van der Waals surface area contributed by atoms with E-state index in [0.717, 1.165) is 40.7 Å². The second-order valence-electron chi connectivity index (χ2n) is 7.75. The first-order valence-electron chi connectivity index (χ1n) is 9.84. The lowest BCUT2D eigenvalue weighted by molar-refractivity contribution is 0.182. The summed E-state index contributed by atoms with van der Waals surface area (Å²) in [6.45, 7) is 5.12. The van der Waals surface area contributed by atoms with Gasteiger partial charge in [0.2, 0.25) is 0 Å². The van der Waals surface area contributed by atoms with Crippen LogP contribution in [-0.2, 0) is 16.9 Å². The molecule has 0 saturated carbocycles. The number of nitrogens with zero attached hydrogens (tertiary/aromatic N) is 6. The molecular weight excluding hydrogens is 390 g/mol. The lowest BCUT2D eigenvalue weighted by atomic mass is 10.1. The van der Waals surface area contributed by atoms with Crippen LogP contribution in [0.25, 0.3) is 5.78 Å². The monoisotopic (exact) mass is 413 g/mol. The number of rotatable bonds is 4. The number of nitrogens with one attached hydrogen (secondary N) is 1. The number of aromatic nitrogens is 6. The number of thioether (sulfide) groups is 1. The summed E-state index contributed by atoms with van der Waals surface area (Å²) in [5, 5.41) is 12.5. The van der Waals surface area contributed by atoms with Crippen LogP contribution in [0.4, 0.5) is 5.82 Å². The molecule has 3 aromatic rings. The summed E-state index contributed by atoms with van der Waals surface area (Å²) in [5.41, 5.74) is 2.95. The van der Waals surface area contributed by atoms with Gasteiger partial charge in [-0.25, -0.2) is 9.67 Å². The molecule has 3 aromatic heterocycles. The standard InChI is InChI=1S/C19H23N7O2S/c1-11(2)14-6-17(26-19(23-14)20-10-21-26)22-15-7-28-8-16(15)25-18(27)5-12-9-29-4-3-13(12)24-25/h5-6,10-11,15-16,22H,3-4,7-9H2,1-2H3. The largest absolute Gasteiger partial charge is 0.377 e. The van der Waals surface area contributed by atoms with Crippen LogP contribution in [0.3, 0.4) is 0 Å². The molecule has 1 saturated heterocycles. The van der Waals surface area contributed by atoms with Crippen molar-refractivity contribution in [3.8, 4) is 0 Å². The normalized spacial score (nSPS) is 21.6. The van der Waals surface area contributed by atoms with Gasteiger partial charge in [0.05, 0.1) is 30.6 Å². The Balaban J connectivity index is 1.49. The Hall–Kier alpha value is -2.46. The van der Waals surface area contributed by atoms with E-state index in [4.69, 9.17) is 9.84 Å². The summed E-state index contributed by atoms with van der Waals surface area (Å²) < 4.78 is 9.02. The van der Waals surface area contributed by atoms with Gasteiger partial charge in [-0.15, -0.1) is 0 Å². The summed E-state index contributed by atoms with van der Waals surface area (Å²) in [6.07, 6.45) is 2.39. The zero-order chi connectivity index (χ0) is 20.0. The molecule has 2 unspecified atom stereocenters. The molecule has 0 aliphatic carbocycles. The van der Waals surface area contributed by atoms with E-state index in [9.17, 15) is 4.79 Å². The van der Waals surface area contributed by atoms with Gasteiger partial charge in [0.1, 0.15) is 18.2 Å². The van der Waals surface area contributed by atoms with Crippen molar-refractivity contribution in [2.24, 2.45) is 0 Å². The molecule has 152 valence electrons. The molecule has 2 aliphatic rings. The Labute approximate surface area is 171 Å². The topological polar surface area (TPSA) is 99.2 Å². The van der Waals surface area contributed by atoms with Crippen molar-refractivity contribution >= 4 is 23.4 Å². The van der Waals surface area contributed by atoms with Crippen molar-refractivity contribution in [1.29, 1.82) is 0 Å². The van der Waals surface area contributed by atoms with Crippen LogP contribution >= 0.6 is 11.8 Å². The van der Waals surface area contributed by atoms with E-state index in [2.05, 4.69) is 34.2 Å². The summed E-state index contributed by atoms with van der Waals surface area (Å²) in [6, 6.07) is 3.44. The fraction of sp³-hybridized carbons (Fsp3) is 0.526. The third kappa shape index (κ3) is 3.40. The van der Waals surface area contributed by atoms with Gasteiger partial charge in [0.15, 0.2) is 0 Å². The van der Waals surface area contributed by atoms with Crippen molar-refractivity contribution in [3.05, 3.63) is 45.8 Å². The van der Waals surface area contributed by atoms with E-state index in [0.29, 0.717) is 19.0 Å². The highest BCUT2D eigenvalue weighted by molar-refractivity contribution is 7.98. The van der Waals surface area contributed by atoms with Crippen molar-refractivity contribution < 1.29 is 4.74 Å². The SMILES string of the molecule is CC(C)c1cc(NC2COCC2n2nc3c(cc2=O)CSCC3)n2ncnc2n1. The lowest BCUT2D eigenvalue weighted by Gasteiger charge is -2.23. The van der Waals surface area contributed by atoms with Crippen molar-refractivity contribution in [2.45, 2.75) is 44.0 Å². The minimum Gasteiger partial charge on any atom is -0.377 e. The molecule has 0 amide bonds. The number of aryl methyl sites for hydroxylation is 1. The molecule has 0 spiro atoms. The van der Waals surface area contributed by atoms with Crippen LogP contribution in [0.15, 0.2) is 23.3 Å². The maximum Gasteiger partial charge on any atom is 0.267 e. The zero-order valence-corrected chi connectivity index (χ0v) is 17.2. The highest BCUT2D eigenvalue weighted by Crippen LogP contribution is 2.26. The average molecular weight is 414 g/mol. The van der Waals surface area contributed by atoms with Gasteiger partial charge in [0.25, 0.3) is 11.3 Å². The number of hydrogen-bond acceptors (Lipinski definition) is 8. The van der Waals surface area contributed by atoms with E-state index in [1.807, 2.05) is 17.8 Å². The van der Waals surface area contributed by atoms with Crippen LogP contribution in [-0.4, -0.2) is 54.4 Å². The minimum absolute atomic E-state index is 0.0722. The summed E-state index contributed by atoms with van der Waals surface area (Å²) in [7, 11) is 0. The molecule has 29 heavy (non-hydrogen) atoms. The van der Waals surface area contributed by atoms with Gasteiger partial charge < -0.3 is 10.1 Å². The molecule has 1 N–H and O–H groups in total. The van der Waals surface area contributed by atoms with Crippen LogP contribution in [0.5, 0.6) is 0 Å². The van der Waals surface area contributed by atoms with Crippen LogP contribution in [0.2, 0.25) is 0 Å². The molecule has 5 rings (SSSR count). The first kappa shape index (κ1) is 18.6. The second-order valence-corrected chi connectivity index (χ2v) is 8.86. The summed E-state index contributed by atoms with van der Waals surface area (Å²) in [4.78, 5) is 21.6. The first-order chi connectivity index (χ1) is 14.1. The lowest BCUT2D eigenvalue weighted by Crippen LogP contribution is -2.38. The van der Waals surface area contributed by atoms with Crippen LogP contribution in [0, 0.1) is 0 Å². The summed E-state index contributed by atoms with van der Waals surface area (Å²) in [5.74, 6) is 3.51. The molecule has 0 radical (unpaired) electrons. The Morgan fingerprint density at radius 2 is 2.21 bits per heavy atom. The van der Waals surface area contributed by atoms with E-state index in [-0.39, 0.29) is 23.6 Å². The fourth-order valence-corrected chi connectivity index (χ4v) is 4.76. The molecule has 5 heterocycles. The van der Waals surface area contributed by atoms with Crippen LogP contribution in [0.1, 0.15) is 42.8 Å². The predicted molar refractivity (Wildman–Crippen MR) is 111 cm³/mol. The minimum atomic E-state index is -0.184. The van der Waals surface area contributed by atoms with Gasteiger partial charge in [-0.1, -0.05) is 13.8 Å². The fourth-order valence-electron chi connectivity index (χ4n) is 3.81. The van der Waals surface area contributed by atoms with E-state index < -0.39 is 0 Å². The Morgan fingerprint density at radius 1 is 1.31 bits per heavy atom. The van der Waals surface area contributed by atoms with Crippen molar-refractivity contribution in [2.75, 3.05) is 24.3 Å². The molecule has 0 aromatic carbocycles. The highest BCUT2D eigenvalue weighted by atomic mass is 32.2. The van der Waals surface area contributed by atoms with E-state index in [1.54, 1.807) is 15.3 Å². The third-order valence-electron chi connectivity index (χ3n) is 5.42. The van der Waals surface area contributed by atoms with Gasteiger partial charge >= 0.3 is 0 Å². The molecule has 2 atom stereocenters. The first-order valence-corrected chi connectivity index (χ1v) is 11.0. The molecule has 9 nitrogen and oxygen atoms in total. The maximum absolute atomic E-state index is 12.8.